The third-order valence-corrected chi connectivity index (χ3v) is 4.94. The monoisotopic (exact) mass is 284 g/mol. The molecular formula is C16H32N2O2. The minimum absolute atomic E-state index is 0.383. The molecule has 0 saturated heterocycles. The summed E-state index contributed by atoms with van der Waals surface area (Å²) >= 11 is 0. The lowest BCUT2D eigenvalue weighted by atomic mass is 9.78. The van der Waals surface area contributed by atoms with Crippen LogP contribution in [0.1, 0.15) is 65.7 Å². The molecule has 0 aromatic heterocycles. The highest BCUT2D eigenvalue weighted by Crippen LogP contribution is 2.32. The molecule has 0 radical (unpaired) electrons. The topological polar surface area (TPSA) is 52.6 Å². The van der Waals surface area contributed by atoms with Crippen molar-refractivity contribution in [1.82, 2.24) is 10.2 Å². The Balaban J connectivity index is 2.78. The molecule has 0 aromatic rings. The normalized spacial score (nSPS) is 27.2. The first-order valence-electron chi connectivity index (χ1n) is 8.21. The van der Waals surface area contributed by atoms with Crippen LogP contribution in [0.3, 0.4) is 0 Å². The molecule has 20 heavy (non-hydrogen) atoms. The first-order valence-corrected chi connectivity index (χ1v) is 8.21. The number of carboxylic acid groups (broad SMARTS) is 1. The van der Waals surface area contributed by atoms with Crippen molar-refractivity contribution in [2.24, 2.45) is 0 Å². The molecule has 1 aliphatic rings. The maximum absolute atomic E-state index is 11.8. The van der Waals surface area contributed by atoms with Gasteiger partial charge in [0.1, 0.15) is 5.54 Å². The highest BCUT2D eigenvalue weighted by molar-refractivity contribution is 5.79. The zero-order chi connectivity index (χ0) is 15.2. The maximum Gasteiger partial charge on any atom is 0.323 e. The molecule has 1 fully saturated rings. The molecule has 2 atom stereocenters. The van der Waals surface area contributed by atoms with E-state index >= 15 is 0 Å². The van der Waals surface area contributed by atoms with Gasteiger partial charge in [0.25, 0.3) is 0 Å². The van der Waals surface area contributed by atoms with E-state index in [1.807, 2.05) is 0 Å². The predicted octanol–water partition coefficient (Wildman–Crippen LogP) is 2.87. The number of hydrogen-bond donors (Lipinski definition) is 2. The van der Waals surface area contributed by atoms with Crippen molar-refractivity contribution in [3.63, 3.8) is 0 Å². The lowest BCUT2D eigenvalue weighted by Gasteiger charge is -2.44. The van der Waals surface area contributed by atoms with E-state index in [0.29, 0.717) is 12.1 Å². The Hall–Kier alpha value is -0.610. The Morgan fingerprint density at radius 1 is 1.40 bits per heavy atom. The molecule has 0 amide bonds. The number of hydrogen-bond acceptors (Lipinski definition) is 3. The Bertz CT molecular complexity index is 305. The fourth-order valence-corrected chi connectivity index (χ4v) is 3.55. The van der Waals surface area contributed by atoms with Crippen molar-refractivity contribution in [2.75, 3.05) is 13.6 Å². The predicted molar refractivity (Wildman–Crippen MR) is 83.0 cm³/mol. The standard InChI is InChI=1S/C16H32N2O2/c1-5-11-17-16(15(19)20)10-8-9-14(12-16)18(4)13(6-2)7-3/h13-14,17H,5-12H2,1-4H3,(H,19,20). The second-order valence-electron chi connectivity index (χ2n) is 6.20. The van der Waals surface area contributed by atoms with E-state index < -0.39 is 11.5 Å². The van der Waals surface area contributed by atoms with E-state index in [9.17, 15) is 9.90 Å². The van der Waals surface area contributed by atoms with Crippen molar-refractivity contribution >= 4 is 5.97 Å². The summed E-state index contributed by atoms with van der Waals surface area (Å²) in [5, 5.41) is 13.0. The van der Waals surface area contributed by atoms with Gasteiger partial charge in [-0.3, -0.25) is 4.79 Å². The molecule has 1 aliphatic carbocycles. The smallest absolute Gasteiger partial charge is 0.323 e. The molecule has 0 spiro atoms. The van der Waals surface area contributed by atoms with Gasteiger partial charge in [0.05, 0.1) is 0 Å². The lowest BCUT2D eigenvalue weighted by molar-refractivity contribution is -0.147. The minimum atomic E-state index is -0.709. The average molecular weight is 284 g/mol. The number of carbonyl (C=O) groups is 1. The van der Waals surface area contributed by atoms with Crippen LogP contribution in [0.5, 0.6) is 0 Å². The summed E-state index contributed by atoms with van der Waals surface area (Å²) in [5.74, 6) is -0.673. The van der Waals surface area contributed by atoms with Crippen molar-refractivity contribution in [1.29, 1.82) is 0 Å². The van der Waals surface area contributed by atoms with Crippen molar-refractivity contribution in [2.45, 2.75) is 83.3 Å². The fourth-order valence-electron chi connectivity index (χ4n) is 3.55. The van der Waals surface area contributed by atoms with Gasteiger partial charge in [0.15, 0.2) is 0 Å². The van der Waals surface area contributed by atoms with E-state index in [0.717, 1.165) is 51.5 Å². The third-order valence-electron chi connectivity index (χ3n) is 4.94. The van der Waals surface area contributed by atoms with Gasteiger partial charge >= 0.3 is 5.97 Å². The summed E-state index contributed by atoms with van der Waals surface area (Å²) in [6.07, 6.45) is 6.85. The van der Waals surface area contributed by atoms with Crippen molar-refractivity contribution in [3.05, 3.63) is 0 Å². The van der Waals surface area contributed by atoms with E-state index in [1.165, 1.54) is 0 Å². The van der Waals surface area contributed by atoms with Crippen LogP contribution in [0.2, 0.25) is 0 Å². The van der Waals surface area contributed by atoms with Gasteiger partial charge in [-0.15, -0.1) is 0 Å². The Kier molecular flexibility index (Phi) is 6.96. The van der Waals surface area contributed by atoms with Crippen LogP contribution in [-0.4, -0.2) is 47.2 Å². The first kappa shape index (κ1) is 17.4. The van der Waals surface area contributed by atoms with Gasteiger partial charge in [-0.05, 0) is 58.5 Å². The molecule has 2 unspecified atom stereocenters. The maximum atomic E-state index is 11.8. The lowest BCUT2D eigenvalue weighted by Crippen LogP contribution is -2.59. The molecule has 1 saturated carbocycles. The molecule has 2 N–H and O–H groups in total. The van der Waals surface area contributed by atoms with Crippen LogP contribution in [0, 0.1) is 0 Å². The second-order valence-corrected chi connectivity index (χ2v) is 6.20. The summed E-state index contributed by atoms with van der Waals surface area (Å²) in [6, 6.07) is 0.949. The van der Waals surface area contributed by atoms with E-state index in [2.05, 4.69) is 38.0 Å². The number of nitrogens with one attached hydrogen (secondary N) is 1. The summed E-state index contributed by atoms with van der Waals surface area (Å²) in [7, 11) is 2.17. The van der Waals surface area contributed by atoms with Gasteiger partial charge < -0.3 is 15.3 Å². The van der Waals surface area contributed by atoms with Crippen LogP contribution in [0.15, 0.2) is 0 Å². The molecule has 4 nitrogen and oxygen atoms in total. The Labute approximate surface area is 123 Å². The molecule has 118 valence electrons. The van der Waals surface area contributed by atoms with Gasteiger partial charge in [-0.2, -0.15) is 0 Å². The quantitative estimate of drug-likeness (QED) is 0.719. The largest absolute Gasteiger partial charge is 0.480 e. The Morgan fingerprint density at radius 2 is 2.05 bits per heavy atom. The SMILES string of the molecule is CCCNC1(C(=O)O)CCCC(N(C)C(CC)CC)C1. The summed E-state index contributed by atoms with van der Waals surface area (Å²) < 4.78 is 0. The number of aliphatic carboxylic acids is 1. The number of nitrogens with zero attached hydrogens (tertiary/aromatic N) is 1. The molecular weight excluding hydrogens is 252 g/mol. The zero-order valence-electron chi connectivity index (χ0n) is 13.6. The van der Waals surface area contributed by atoms with Crippen LogP contribution in [0.4, 0.5) is 0 Å². The summed E-state index contributed by atoms with van der Waals surface area (Å²) in [4.78, 5) is 14.2. The molecule has 0 aromatic carbocycles. The number of carboxylic acids is 1. The van der Waals surface area contributed by atoms with Gasteiger partial charge in [-0.25, -0.2) is 0 Å². The van der Waals surface area contributed by atoms with Crippen LogP contribution >= 0.6 is 0 Å². The zero-order valence-corrected chi connectivity index (χ0v) is 13.6. The molecule has 0 heterocycles. The van der Waals surface area contributed by atoms with Gasteiger partial charge in [-0.1, -0.05) is 20.8 Å². The minimum Gasteiger partial charge on any atom is -0.480 e. The highest BCUT2D eigenvalue weighted by Gasteiger charge is 2.43. The van der Waals surface area contributed by atoms with E-state index in [1.54, 1.807) is 0 Å². The molecule has 4 heteroatoms. The summed E-state index contributed by atoms with van der Waals surface area (Å²) in [5.41, 5.74) is -0.709. The highest BCUT2D eigenvalue weighted by atomic mass is 16.4. The van der Waals surface area contributed by atoms with Crippen molar-refractivity contribution < 1.29 is 9.90 Å². The van der Waals surface area contributed by atoms with Crippen LogP contribution in [0.25, 0.3) is 0 Å². The van der Waals surface area contributed by atoms with Gasteiger partial charge in [0.2, 0.25) is 0 Å². The van der Waals surface area contributed by atoms with Crippen LogP contribution in [-0.2, 0) is 4.79 Å². The van der Waals surface area contributed by atoms with Crippen molar-refractivity contribution in [3.8, 4) is 0 Å². The molecule has 0 aliphatic heterocycles. The van der Waals surface area contributed by atoms with Crippen LogP contribution < -0.4 is 5.32 Å². The van der Waals surface area contributed by atoms with E-state index in [4.69, 9.17) is 0 Å². The molecule has 1 rings (SSSR count). The third kappa shape index (κ3) is 3.95. The first-order chi connectivity index (χ1) is 9.50. The van der Waals surface area contributed by atoms with Gasteiger partial charge in [0, 0.05) is 12.1 Å². The Morgan fingerprint density at radius 3 is 2.55 bits per heavy atom. The van der Waals surface area contributed by atoms with E-state index in [-0.39, 0.29) is 0 Å². The summed E-state index contributed by atoms with van der Waals surface area (Å²) in [6.45, 7) is 7.30. The fraction of sp³-hybridized carbons (Fsp3) is 0.938. The number of rotatable bonds is 8. The average Bonchev–Trinajstić information content (AvgIpc) is 2.46. The molecule has 0 bridgehead atoms. The second kappa shape index (κ2) is 7.99.